The number of likely N-dealkylation sites (N-methyl/N-ethyl adjacent to an activating group) is 2. The van der Waals surface area contributed by atoms with Gasteiger partial charge in [-0.05, 0) is 119 Å². The zero-order valence-corrected chi connectivity index (χ0v) is 43.6. The predicted molar refractivity (Wildman–Crippen MR) is 258 cm³/mol. The van der Waals surface area contributed by atoms with Gasteiger partial charge in [0, 0.05) is 37.6 Å². The monoisotopic (exact) mass is 975 g/mol. The van der Waals surface area contributed by atoms with E-state index in [0.717, 1.165) is 0 Å². The van der Waals surface area contributed by atoms with Crippen molar-refractivity contribution in [2.45, 2.75) is 198 Å². The van der Waals surface area contributed by atoms with Crippen LogP contribution < -0.4 is 0 Å². The van der Waals surface area contributed by atoms with Crippen molar-refractivity contribution in [1.82, 2.24) is 9.80 Å². The molecule has 15 nitrogen and oxygen atoms in total. The van der Waals surface area contributed by atoms with Gasteiger partial charge in [0.2, 0.25) is 0 Å². The number of rotatable bonds is 11. The molecule has 3 aliphatic rings. The molecule has 0 radical (unpaired) electrons. The van der Waals surface area contributed by atoms with E-state index in [1.54, 1.807) is 67.5 Å². The maximum atomic E-state index is 15.7. The van der Waals surface area contributed by atoms with Crippen molar-refractivity contribution >= 4 is 11.9 Å². The van der Waals surface area contributed by atoms with E-state index in [2.05, 4.69) is 0 Å². The molecule has 0 amide bonds. The smallest absolute Gasteiger partial charge is 0.313 e. The summed E-state index contributed by atoms with van der Waals surface area (Å²) in [7, 11) is 7.05. The number of aliphatic hydroxyl groups is 4. The van der Waals surface area contributed by atoms with Crippen LogP contribution in [0.2, 0.25) is 0 Å². The minimum absolute atomic E-state index is 0.0739. The highest BCUT2D eigenvalue weighted by atomic mass is 19.1. The second kappa shape index (κ2) is 23.2. The SMILES string of the molecule is CC[C@H]1OC(=O)[C@H](C)[C@@H](O[C@H]2C[C@@](C)(OC)[C@@H](O)[C@H](C)O2)[C@H](C)[C@@H](O[C@@H]2O[C@H](C)CC(N(C)C)[C@H]2OC(=O)C(C)c2ccc(-c3ccccc3)c(F)c2)[C@](C)(O)C[C@@H](C)CN(C)[C@H](C)[C@@H](O)[C@]1(C)O. The summed E-state index contributed by atoms with van der Waals surface area (Å²) >= 11 is 0. The number of cyclic esters (lactones) is 1. The van der Waals surface area contributed by atoms with Crippen LogP contribution in [0.25, 0.3) is 11.1 Å². The average molecular weight is 975 g/mol. The number of hydrogen-bond acceptors (Lipinski definition) is 15. The number of methoxy groups -OCH3 is 1. The van der Waals surface area contributed by atoms with Crippen LogP contribution in [0.4, 0.5) is 4.39 Å². The van der Waals surface area contributed by atoms with Crippen LogP contribution in [-0.2, 0) is 42.7 Å². The van der Waals surface area contributed by atoms with E-state index in [-0.39, 0.29) is 25.2 Å². The van der Waals surface area contributed by atoms with E-state index in [1.165, 1.54) is 20.1 Å². The van der Waals surface area contributed by atoms with E-state index in [4.69, 9.17) is 33.2 Å². The molecule has 69 heavy (non-hydrogen) atoms. The largest absolute Gasteiger partial charge is 0.459 e. The van der Waals surface area contributed by atoms with Gasteiger partial charge in [-0.1, -0.05) is 63.2 Å². The van der Waals surface area contributed by atoms with Gasteiger partial charge in [0.25, 0.3) is 0 Å². The number of nitrogens with zero attached hydrogens (tertiary/aromatic N) is 2. The third kappa shape index (κ3) is 12.9. The molecule has 390 valence electrons. The minimum atomic E-state index is -1.86. The zero-order chi connectivity index (χ0) is 51.5. The number of esters is 2. The Morgan fingerprint density at radius 1 is 0.942 bits per heavy atom. The topological polar surface area (TPSA) is 186 Å². The fraction of sp³-hybridized carbons (Fsp3) is 0.736. The molecule has 3 aliphatic heterocycles. The summed E-state index contributed by atoms with van der Waals surface area (Å²) in [5, 5.41) is 47.7. The van der Waals surface area contributed by atoms with Crippen LogP contribution in [0.15, 0.2) is 48.5 Å². The van der Waals surface area contributed by atoms with Gasteiger partial charge in [-0.25, -0.2) is 4.39 Å². The fourth-order valence-electron chi connectivity index (χ4n) is 10.9. The van der Waals surface area contributed by atoms with Gasteiger partial charge >= 0.3 is 11.9 Å². The van der Waals surface area contributed by atoms with Gasteiger partial charge in [-0.15, -0.1) is 0 Å². The van der Waals surface area contributed by atoms with Crippen molar-refractivity contribution in [2.75, 3.05) is 34.8 Å². The Hall–Kier alpha value is -3.13. The molecule has 0 bridgehead atoms. The first-order valence-corrected chi connectivity index (χ1v) is 24.8. The van der Waals surface area contributed by atoms with E-state index in [9.17, 15) is 30.0 Å². The maximum absolute atomic E-state index is 15.7. The molecule has 2 aromatic rings. The molecule has 5 rings (SSSR count). The average Bonchev–Trinajstić information content (AvgIpc) is 3.29. The molecule has 2 aromatic carbocycles. The Kier molecular flexibility index (Phi) is 19.1. The third-order valence-corrected chi connectivity index (χ3v) is 15.4. The first kappa shape index (κ1) is 56.8. The van der Waals surface area contributed by atoms with Gasteiger partial charge < -0.3 is 63.4 Å². The Bertz CT molecular complexity index is 1990. The van der Waals surface area contributed by atoms with E-state index in [0.29, 0.717) is 29.7 Å². The fourth-order valence-corrected chi connectivity index (χ4v) is 10.9. The van der Waals surface area contributed by atoms with Crippen molar-refractivity contribution in [1.29, 1.82) is 0 Å². The first-order valence-electron chi connectivity index (χ1n) is 24.8. The zero-order valence-electron chi connectivity index (χ0n) is 43.6. The van der Waals surface area contributed by atoms with Gasteiger partial charge in [-0.2, -0.15) is 0 Å². The van der Waals surface area contributed by atoms with Crippen molar-refractivity contribution in [3.63, 3.8) is 0 Å². The number of carbonyl (C=O) groups is 2. The summed E-state index contributed by atoms with van der Waals surface area (Å²) in [6.45, 7) is 19.4. The van der Waals surface area contributed by atoms with Crippen LogP contribution in [-0.4, -0.2) is 167 Å². The lowest BCUT2D eigenvalue weighted by Crippen LogP contribution is -2.61. The quantitative estimate of drug-likeness (QED) is 0.190. The maximum Gasteiger partial charge on any atom is 0.313 e. The Morgan fingerprint density at radius 2 is 1.59 bits per heavy atom. The lowest BCUT2D eigenvalue weighted by Gasteiger charge is -2.49. The summed E-state index contributed by atoms with van der Waals surface area (Å²) in [6.07, 6.45) is -9.39. The van der Waals surface area contributed by atoms with Crippen LogP contribution in [0.3, 0.4) is 0 Å². The van der Waals surface area contributed by atoms with Gasteiger partial charge in [0.1, 0.15) is 29.7 Å². The summed E-state index contributed by atoms with van der Waals surface area (Å²) in [5.74, 6) is -4.95. The summed E-state index contributed by atoms with van der Waals surface area (Å²) < 4.78 is 60.8. The van der Waals surface area contributed by atoms with Crippen LogP contribution in [0.5, 0.6) is 0 Å². The van der Waals surface area contributed by atoms with E-state index >= 15 is 4.39 Å². The van der Waals surface area contributed by atoms with Crippen molar-refractivity contribution in [3.05, 3.63) is 59.9 Å². The first-order chi connectivity index (χ1) is 32.2. The van der Waals surface area contributed by atoms with Crippen molar-refractivity contribution < 1.29 is 67.6 Å². The lowest BCUT2D eigenvalue weighted by atomic mass is 9.77. The van der Waals surface area contributed by atoms with Crippen LogP contribution in [0, 0.1) is 23.6 Å². The predicted octanol–water partition coefficient (Wildman–Crippen LogP) is 6.06. The molecule has 4 N–H and O–H groups in total. The number of aliphatic hydroxyl groups excluding tert-OH is 2. The van der Waals surface area contributed by atoms with Gasteiger partial charge in [0.05, 0.1) is 53.5 Å². The molecule has 16 heteroatoms. The Balaban J connectivity index is 1.59. The summed E-state index contributed by atoms with van der Waals surface area (Å²) in [5.41, 5.74) is -3.11. The number of halogens is 1. The third-order valence-electron chi connectivity index (χ3n) is 15.4. The number of benzene rings is 2. The van der Waals surface area contributed by atoms with Gasteiger partial charge in [-0.3, -0.25) is 9.59 Å². The number of carbonyl (C=O) groups excluding carboxylic acids is 2. The van der Waals surface area contributed by atoms with Gasteiger partial charge in [0.15, 0.2) is 18.7 Å². The lowest BCUT2D eigenvalue weighted by molar-refractivity contribution is -0.319. The van der Waals surface area contributed by atoms with Crippen LogP contribution >= 0.6 is 0 Å². The molecule has 3 heterocycles. The van der Waals surface area contributed by atoms with Crippen molar-refractivity contribution in [3.8, 4) is 11.1 Å². The van der Waals surface area contributed by atoms with Crippen molar-refractivity contribution in [2.24, 2.45) is 17.8 Å². The highest BCUT2D eigenvalue weighted by Gasteiger charge is 2.53. The molecule has 0 aromatic heterocycles. The second-order valence-corrected chi connectivity index (χ2v) is 21.4. The molecule has 0 spiro atoms. The molecule has 0 saturated carbocycles. The molecule has 3 fully saturated rings. The molecule has 3 saturated heterocycles. The normalized spacial score (nSPS) is 40.6. The van der Waals surface area contributed by atoms with E-state index in [1.807, 2.05) is 75.1 Å². The summed E-state index contributed by atoms with van der Waals surface area (Å²) in [6, 6.07) is 12.8. The highest BCUT2D eigenvalue weighted by molar-refractivity contribution is 5.78. The molecular weight excluding hydrogens is 892 g/mol. The van der Waals surface area contributed by atoms with E-state index < -0.39 is 126 Å². The molecule has 0 aliphatic carbocycles. The summed E-state index contributed by atoms with van der Waals surface area (Å²) in [4.78, 5) is 32.7. The second-order valence-electron chi connectivity index (χ2n) is 21.4. The highest BCUT2D eigenvalue weighted by Crippen LogP contribution is 2.41. The Morgan fingerprint density at radius 3 is 2.19 bits per heavy atom. The van der Waals surface area contributed by atoms with Crippen LogP contribution in [0.1, 0.15) is 113 Å². The molecular formula is C53H83FN2O13. The molecule has 19 atom stereocenters. The Labute approximate surface area is 409 Å². The number of ether oxygens (including phenoxy) is 7. The standard InChI is InChI=1S/C53H83FN2O13/c1-16-41-53(11,62)45(57)34(7)56(14)28-29(2)26-51(9,61)47(32(5)43(33(6)49(60)66-41)67-42-27-52(10,63-15)46(58)35(8)65-42)69-50-44(40(55(12)13)24-30(3)64-50)68-48(59)31(4)37-22-23-38(39(54)25-37)36-20-18-17-19-21-36/h17-23,25,29-35,40-47,50,57-58,61-62H,16,24,26-28H2,1-15H3/t29-,30-,31?,32+,33-,34-,35+,40?,41-,42+,43+,44-,45-,46+,47-,50+,51-,52-,53-/m1/s1. The molecule has 2 unspecified atom stereocenters. The minimum Gasteiger partial charge on any atom is -0.459 e. The number of hydrogen-bond donors (Lipinski definition) is 4.